The first kappa shape index (κ1) is 18.7. The first-order chi connectivity index (χ1) is 11.6. The zero-order valence-corrected chi connectivity index (χ0v) is 13.9. The summed E-state index contributed by atoms with van der Waals surface area (Å²) in [6, 6.07) is 0.975. The fourth-order valence-corrected chi connectivity index (χ4v) is 2.28. The maximum Gasteiger partial charge on any atom is 0.433 e. The number of hydrogen-bond donors (Lipinski definition) is 2. The lowest BCUT2D eigenvalue weighted by Crippen LogP contribution is -2.34. The van der Waals surface area contributed by atoms with E-state index >= 15 is 0 Å². The summed E-state index contributed by atoms with van der Waals surface area (Å²) in [5.74, 6) is -0.584. The minimum atomic E-state index is -4.49. The molecule has 2 aromatic heterocycles. The molecule has 0 aromatic carbocycles. The molecule has 2 N–H and O–H groups in total. The monoisotopic (exact) mass is 357 g/mol. The summed E-state index contributed by atoms with van der Waals surface area (Å²) in [6.07, 6.45) is -3.34. The fraction of sp³-hybridized carbons (Fsp3) is 0.467. The lowest BCUT2D eigenvalue weighted by Gasteiger charge is -2.15. The van der Waals surface area contributed by atoms with Gasteiger partial charge in [0.25, 0.3) is 11.5 Å². The molecule has 7 nitrogen and oxygen atoms in total. The van der Waals surface area contributed by atoms with E-state index in [0.29, 0.717) is 5.82 Å². The van der Waals surface area contributed by atoms with Crippen LogP contribution in [0.2, 0.25) is 0 Å². The molecule has 0 saturated carbocycles. The number of aryl methyl sites for hydroxylation is 2. The van der Waals surface area contributed by atoms with Crippen molar-refractivity contribution in [1.29, 1.82) is 0 Å². The Balaban J connectivity index is 2.01. The molecular weight excluding hydrogens is 339 g/mol. The Morgan fingerprint density at radius 3 is 2.68 bits per heavy atom. The van der Waals surface area contributed by atoms with E-state index in [1.165, 1.54) is 6.92 Å². The highest BCUT2D eigenvalue weighted by molar-refractivity contribution is 5.93. The van der Waals surface area contributed by atoms with Gasteiger partial charge < -0.3 is 10.3 Å². The second kappa shape index (κ2) is 7.08. The average molecular weight is 357 g/mol. The molecule has 136 valence electrons. The molecular formula is C15H18F3N5O2. The van der Waals surface area contributed by atoms with Gasteiger partial charge in [-0.15, -0.1) is 0 Å². The van der Waals surface area contributed by atoms with Crippen LogP contribution in [0.5, 0.6) is 0 Å². The highest BCUT2D eigenvalue weighted by Crippen LogP contribution is 2.30. The summed E-state index contributed by atoms with van der Waals surface area (Å²) < 4.78 is 39.7. The summed E-state index contributed by atoms with van der Waals surface area (Å²) in [6.45, 7) is 4.80. The first-order valence-electron chi connectivity index (χ1n) is 7.53. The summed E-state index contributed by atoms with van der Waals surface area (Å²) in [5.41, 5.74) is -1.29. The van der Waals surface area contributed by atoms with Crippen molar-refractivity contribution in [3.05, 3.63) is 45.4 Å². The summed E-state index contributed by atoms with van der Waals surface area (Å²) in [7, 11) is 0. The third-order valence-corrected chi connectivity index (χ3v) is 3.46. The highest BCUT2D eigenvalue weighted by atomic mass is 19.4. The lowest BCUT2D eigenvalue weighted by molar-refractivity contribution is -0.144. The van der Waals surface area contributed by atoms with E-state index in [9.17, 15) is 22.8 Å². The van der Waals surface area contributed by atoms with Gasteiger partial charge in [0, 0.05) is 19.3 Å². The van der Waals surface area contributed by atoms with Crippen molar-refractivity contribution < 1.29 is 18.0 Å². The number of amides is 1. The zero-order chi connectivity index (χ0) is 18.8. The van der Waals surface area contributed by atoms with Crippen molar-refractivity contribution in [2.24, 2.45) is 5.92 Å². The Hall–Kier alpha value is -2.65. The molecule has 0 aliphatic rings. The number of nitrogens with one attached hydrogen (secondary N) is 2. The van der Waals surface area contributed by atoms with Crippen LogP contribution in [0.1, 0.15) is 34.5 Å². The standard InChI is InChI=1S/C15H18F3N5O2/c1-8(7-23-12(15(16,17)18)4-9(2)22-23)5-20-13(24)11-6-19-10(3)21-14(11)25/h4,6,8H,5,7H2,1-3H3,(H,20,24)(H,19,21,25). The van der Waals surface area contributed by atoms with Crippen molar-refractivity contribution in [3.8, 4) is 0 Å². The molecule has 0 spiro atoms. The third-order valence-electron chi connectivity index (χ3n) is 3.46. The Morgan fingerprint density at radius 2 is 2.08 bits per heavy atom. The SMILES string of the molecule is Cc1cc(C(F)(F)F)n(CC(C)CNC(=O)c2cnc(C)[nH]c2=O)n1. The predicted octanol–water partition coefficient (Wildman–Crippen LogP) is 1.67. The van der Waals surface area contributed by atoms with E-state index in [4.69, 9.17) is 0 Å². The second-order valence-corrected chi connectivity index (χ2v) is 5.88. The van der Waals surface area contributed by atoms with Crippen molar-refractivity contribution in [1.82, 2.24) is 25.1 Å². The minimum absolute atomic E-state index is 0.0224. The molecule has 0 radical (unpaired) electrons. The van der Waals surface area contributed by atoms with Gasteiger partial charge in [-0.2, -0.15) is 18.3 Å². The van der Waals surface area contributed by atoms with Gasteiger partial charge in [0.05, 0.1) is 5.69 Å². The van der Waals surface area contributed by atoms with Gasteiger partial charge in [-0.3, -0.25) is 14.3 Å². The first-order valence-corrected chi connectivity index (χ1v) is 7.53. The maximum atomic E-state index is 12.9. The number of nitrogens with zero attached hydrogens (tertiary/aromatic N) is 3. The normalized spacial score (nSPS) is 12.9. The van der Waals surface area contributed by atoms with Crippen LogP contribution in [0.4, 0.5) is 13.2 Å². The van der Waals surface area contributed by atoms with Crippen molar-refractivity contribution >= 4 is 5.91 Å². The molecule has 25 heavy (non-hydrogen) atoms. The molecule has 1 amide bonds. The van der Waals surface area contributed by atoms with Gasteiger partial charge in [-0.25, -0.2) is 4.98 Å². The number of carbonyl (C=O) groups is 1. The zero-order valence-electron chi connectivity index (χ0n) is 13.9. The number of H-pyrrole nitrogens is 1. The summed E-state index contributed by atoms with van der Waals surface area (Å²) in [5, 5.41) is 6.37. The van der Waals surface area contributed by atoms with E-state index in [0.717, 1.165) is 16.9 Å². The topological polar surface area (TPSA) is 92.7 Å². The molecule has 10 heteroatoms. The molecule has 0 fully saturated rings. The van der Waals surface area contributed by atoms with Crippen LogP contribution in [0, 0.1) is 19.8 Å². The Kier molecular flexibility index (Phi) is 5.29. The number of aromatic amines is 1. The molecule has 2 rings (SSSR count). The van der Waals surface area contributed by atoms with Crippen LogP contribution in [0.25, 0.3) is 0 Å². The average Bonchev–Trinajstić information content (AvgIpc) is 2.85. The molecule has 0 saturated heterocycles. The summed E-state index contributed by atoms with van der Waals surface area (Å²) in [4.78, 5) is 29.9. The van der Waals surface area contributed by atoms with E-state index in [1.54, 1.807) is 13.8 Å². The van der Waals surface area contributed by atoms with Gasteiger partial charge in [-0.1, -0.05) is 6.92 Å². The number of aromatic nitrogens is 4. The molecule has 0 aliphatic heterocycles. The quantitative estimate of drug-likeness (QED) is 0.851. The van der Waals surface area contributed by atoms with E-state index in [-0.39, 0.29) is 30.3 Å². The van der Waals surface area contributed by atoms with Crippen LogP contribution < -0.4 is 10.9 Å². The van der Waals surface area contributed by atoms with Crippen molar-refractivity contribution in [3.63, 3.8) is 0 Å². The second-order valence-electron chi connectivity index (χ2n) is 5.88. The van der Waals surface area contributed by atoms with Crippen molar-refractivity contribution in [2.75, 3.05) is 6.54 Å². The minimum Gasteiger partial charge on any atom is -0.351 e. The van der Waals surface area contributed by atoms with E-state index in [1.807, 2.05) is 0 Å². The lowest BCUT2D eigenvalue weighted by atomic mass is 10.1. The number of rotatable bonds is 5. The van der Waals surface area contributed by atoms with Gasteiger partial charge in [0.2, 0.25) is 0 Å². The molecule has 0 bridgehead atoms. The van der Waals surface area contributed by atoms with Crippen LogP contribution in [0.3, 0.4) is 0 Å². The molecule has 0 aliphatic carbocycles. The number of hydrogen-bond acceptors (Lipinski definition) is 4. The highest BCUT2D eigenvalue weighted by Gasteiger charge is 2.35. The Bertz CT molecular complexity index is 825. The Labute approximate surface area is 141 Å². The number of carbonyl (C=O) groups excluding carboxylic acids is 1. The molecule has 2 aromatic rings. The Morgan fingerprint density at radius 1 is 1.40 bits per heavy atom. The van der Waals surface area contributed by atoms with E-state index < -0.39 is 23.3 Å². The predicted molar refractivity (Wildman–Crippen MR) is 83.1 cm³/mol. The van der Waals surface area contributed by atoms with Crippen LogP contribution in [0.15, 0.2) is 17.1 Å². The largest absolute Gasteiger partial charge is 0.433 e. The van der Waals surface area contributed by atoms with Gasteiger partial charge in [-0.05, 0) is 25.8 Å². The fourth-order valence-electron chi connectivity index (χ4n) is 2.28. The summed E-state index contributed by atoms with van der Waals surface area (Å²) >= 11 is 0. The van der Waals surface area contributed by atoms with Crippen LogP contribution >= 0.6 is 0 Å². The maximum absolute atomic E-state index is 12.9. The van der Waals surface area contributed by atoms with Crippen LogP contribution in [-0.2, 0) is 12.7 Å². The smallest absolute Gasteiger partial charge is 0.351 e. The van der Waals surface area contributed by atoms with Gasteiger partial charge in [0.1, 0.15) is 17.1 Å². The molecule has 1 unspecified atom stereocenters. The number of alkyl halides is 3. The molecule has 2 heterocycles. The van der Waals surface area contributed by atoms with Gasteiger partial charge >= 0.3 is 6.18 Å². The van der Waals surface area contributed by atoms with E-state index in [2.05, 4.69) is 20.4 Å². The van der Waals surface area contributed by atoms with Crippen LogP contribution in [-0.4, -0.2) is 32.2 Å². The van der Waals surface area contributed by atoms with Gasteiger partial charge in [0.15, 0.2) is 0 Å². The molecule has 1 atom stereocenters. The third kappa shape index (κ3) is 4.68. The number of halogens is 3. The van der Waals surface area contributed by atoms with Crippen molar-refractivity contribution in [2.45, 2.75) is 33.5 Å².